The summed E-state index contributed by atoms with van der Waals surface area (Å²) in [4.78, 5) is 24.5. The predicted molar refractivity (Wildman–Crippen MR) is 64.3 cm³/mol. The van der Waals surface area contributed by atoms with Gasteiger partial charge >= 0.3 is 12.0 Å². The molecule has 2 heterocycles. The molecule has 2 saturated heterocycles. The number of carboxylic acids is 1. The Morgan fingerprint density at radius 3 is 2.89 bits per heavy atom. The molecule has 2 N–H and O–H groups in total. The van der Waals surface area contributed by atoms with E-state index in [1.165, 1.54) is 0 Å². The first kappa shape index (κ1) is 13.1. The number of likely N-dealkylation sites (tertiary alicyclic amines) is 1. The average molecular weight is 256 g/mol. The van der Waals surface area contributed by atoms with Crippen LogP contribution in [0.2, 0.25) is 0 Å². The van der Waals surface area contributed by atoms with E-state index in [0.717, 1.165) is 19.4 Å². The van der Waals surface area contributed by atoms with Crippen molar-refractivity contribution in [2.24, 2.45) is 5.41 Å². The molecule has 0 aromatic heterocycles. The molecule has 6 nitrogen and oxygen atoms in total. The van der Waals surface area contributed by atoms with E-state index in [4.69, 9.17) is 9.84 Å². The Balaban J connectivity index is 1.78. The number of ether oxygens (including phenoxy) is 1. The second-order valence-corrected chi connectivity index (χ2v) is 5.36. The van der Waals surface area contributed by atoms with Gasteiger partial charge in [0.25, 0.3) is 0 Å². The Morgan fingerprint density at radius 1 is 1.56 bits per heavy atom. The third-order valence-corrected chi connectivity index (χ3v) is 3.78. The van der Waals surface area contributed by atoms with Gasteiger partial charge in [0.05, 0.1) is 11.5 Å². The van der Waals surface area contributed by atoms with Crippen LogP contribution >= 0.6 is 0 Å². The van der Waals surface area contributed by atoms with Crippen LogP contribution in [0.15, 0.2) is 0 Å². The van der Waals surface area contributed by atoms with Crippen molar-refractivity contribution in [2.45, 2.75) is 32.3 Å². The first-order chi connectivity index (χ1) is 8.51. The molecule has 0 spiro atoms. The molecule has 0 bridgehead atoms. The van der Waals surface area contributed by atoms with Crippen LogP contribution in [-0.4, -0.2) is 54.4 Å². The van der Waals surface area contributed by atoms with Crippen LogP contribution in [0, 0.1) is 5.41 Å². The molecule has 2 rings (SSSR count). The Hall–Kier alpha value is -1.30. The van der Waals surface area contributed by atoms with E-state index in [0.29, 0.717) is 19.5 Å². The fraction of sp³-hybridized carbons (Fsp3) is 0.833. The number of aliphatic carboxylic acids is 1. The van der Waals surface area contributed by atoms with Gasteiger partial charge in [0.15, 0.2) is 0 Å². The molecule has 0 aromatic carbocycles. The molecular weight excluding hydrogens is 236 g/mol. The Kier molecular flexibility index (Phi) is 3.75. The molecule has 18 heavy (non-hydrogen) atoms. The van der Waals surface area contributed by atoms with E-state index in [-0.39, 0.29) is 18.7 Å². The molecular formula is C12H20N2O4. The third-order valence-electron chi connectivity index (χ3n) is 3.78. The largest absolute Gasteiger partial charge is 0.481 e. The van der Waals surface area contributed by atoms with Gasteiger partial charge in [-0.3, -0.25) is 4.79 Å². The van der Waals surface area contributed by atoms with Crippen LogP contribution in [0.5, 0.6) is 0 Å². The second kappa shape index (κ2) is 5.14. The highest BCUT2D eigenvalue weighted by Crippen LogP contribution is 2.29. The van der Waals surface area contributed by atoms with Crippen molar-refractivity contribution in [2.75, 3.05) is 26.2 Å². The number of carboxylic acid groups (broad SMARTS) is 1. The summed E-state index contributed by atoms with van der Waals surface area (Å²) < 4.78 is 5.42. The van der Waals surface area contributed by atoms with E-state index >= 15 is 0 Å². The minimum atomic E-state index is -0.836. The molecule has 2 amide bonds. The van der Waals surface area contributed by atoms with E-state index in [1.54, 1.807) is 11.8 Å². The molecule has 2 atom stereocenters. The summed E-state index contributed by atoms with van der Waals surface area (Å²) in [7, 11) is 0. The summed E-state index contributed by atoms with van der Waals surface area (Å²) in [6, 6.07) is -0.185. The summed E-state index contributed by atoms with van der Waals surface area (Å²) in [5.41, 5.74) is -0.804. The fourth-order valence-corrected chi connectivity index (χ4v) is 2.43. The number of carbonyl (C=O) groups is 2. The lowest BCUT2D eigenvalue weighted by atomic mass is 9.90. The van der Waals surface area contributed by atoms with Gasteiger partial charge in [0.1, 0.15) is 0 Å². The topological polar surface area (TPSA) is 78.9 Å². The van der Waals surface area contributed by atoms with Crippen molar-refractivity contribution >= 4 is 12.0 Å². The number of amides is 2. The molecule has 0 radical (unpaired) electrons. The van der Waals surface area contributed by atoms with Gasteiger partial charge in [0, 0.05) is 26.2 Å². The van der Waals surface area contributed by atoms with Crippen molar-refractivity contribution < 1.29 is 19.4 Å². The Morgan fingerprint density at radius 2 is 2.33 bits per heavy atom. The van der Waals surface area contributed by atoms with Gasteiger partial charge < -0.3 is 20.1 Å². The van der Waals surface area contributed by atoms with Crippen LogP contribution in [0.25, 0.3) is 0 Å². The maximum absolute atomic E-state index is 11.9. The first-order valence-corrected chi connectivity index (χ1v) is 6.39. The zero-order chi connectivity index (χ0) is 13.2. The highest BCUT2D eigenvalue weighted by Gasteiger charge is 2.42. The van der Waals surface area contributed by atoms with Gasteiger partial charge in [-0.1, -0.05) is 0 Å². The lowest BCUT2D eigenvalue weighted by Gasteiger charge is -2.21. The van der Waals surface area contributed by atoms with Crippen molar-refractivity contribution in [3.63, 3.8) is 0 Å². The molecule has 2 aliphatic heterocycles. The molecule has 1 unspecified atom stereocenters. The quantitative estimate of drug-likeness (QED) is 0.778. The minimum Gasteiger partial charge on any atom is -0.481 e. The van der Waals surface area contributed by atoms with Gasteiger partial charge in [-0.25, -0.2) is 4.79 Å². The van der Waals surface area contributed by atoms with Crippen LogP contribution < -0.4 is 5.32 Å². The molecule has 2 aliphatic rings. The zero-order valence-electron chi connectivity index (χ0n) is 10.6. The second-order valence-electron chi connectivity index (χ2n) is 5.36. The number of hydrogen-bond donors (Lipinski definition) is 2. The van der Waals surface area contributed by atoms with Gasteiger partial charge in [0.2, 0.25) is 0 Å². The molecule has 102 valence electrons. The monoisotopic (exact) mass is 256 g/mol. The average Bonchev–Trinajstić information content (AvgIpc) is 2.95. The maximum Gasteiger partial charge on any atom is 0.317 e. The third kappa shape index (κ3) is 2.75. The summed E-state index contributed by atoms with van der Waals surface area (Å²) in [6.45, 7) is 3.74. The number of rotatable bonds is 3. The maximum atomic E-state index is 11.9. The standard InChI is InChI=1S/C12H20N2O4/c1-12(10(15)16)4-5-14(8-12)11(17)13-7-9-3-2-6-18-9/h9H,2-8H2,1H3,(H,13,17)(H,15,16)/t9-,12?/m1/s1. The molecule has 2 fully saturated rings. The Bertz CT molecular complexity index is 341. The Labute approximate surface area is 106 Å². The van der Waals surface area contributed by atoms with E-state index in [1.807, 2.05) is 0 Å². The van der Waals surface area contributed by atoms with Crippen molar-refractivity contribution in [1.82, 2.24) is 10.2 Å². The highest BCUT2D eigenvalue weighted by atomic mass is 16.5. The number of nitrogens with zero attached hydrogens (tertiary/aromatic N) is 1. The zero-order valence-corrected chi connectivity index (χ0v) is 10.6. The summed E-state index contributed by atoms with van der Waals surface area (Å²) in [5, 5.41) is 11.9. The van der Waals surface area contributed by atoms with Crippen molar-refractivity contribution in [3.05, 3.63) is 0 Å². The fourth-order valence-electron chi connectivity index (χ4n) is 2.43. The first-order valence-electron chi connectivity index (χ1n) is 6.39. The minimum absolute atomic E-state index is 0.113. The predicted octanol–water partition coefficient (Wildman–Crippen LogP) is 0.672. The van der Waals surface area contributed by atoms with Crippen LogP contribution in [0.1, 0.15) is 26.2 Å². The van der Waals surface area contributed by atoms with Crippen molar-refractivity contribution in [1.29, 1.82) is 0 Å². The highest BCUT2D eigenvalue weighted by molar-refractivity contribution is 5.79. The number of urea groups is 1. The molecule has 6 heteroatoms. The number of hydrogen-bond acceptors (Lipinski definition) is 3. The summed E-state index contributed by atoms with van der Waals surface area (Å²) >= 11 is 0. The van der Waals surface area contributed by atoms with E-state index in [9.17, 15) is 9.59 Å². The smallest absolute Gasteiger partial charge is 0.317 e. The molecule has 0 aliphatic carbocycles. The van der Waals surface area contributed by atoms with E-state index < -0.39 is 11.4 Å². The normalized spacial score (nSPS) is 31.6. The van der Waals surface area contributed by atoms with Gasteiger partial charge in [-0.2, -0.15) is 0 Å². The summed E-state index contributed by atoms with van der Waals surface area (Å²) in [6.07, 6.45) is 2.65. The van der Waals surface area contributed by atoms with Crippen LogP contribution in [0.3, 0.4) is 0 Å². The SMILES string of the molecule is CC1(C(=O)O)CCN(C(=O)NC[C@H]2CCCO2)C1. The van der Waals surface area contributed by atoms with E-state index in [2.05, 4.69) is 5.32 Å². The molecule has 0 aromatic rings. The van der Waals surface area contributed by atoms with Crippen LogP contribution in [-0.2, 0) is 9.53 Å². The number of nitrogens with one attached hydrogen (secondary N) is 1. The number of carbonyl (C=O) groups excluding carboxylic acids is 1. The lowest BCUT2D eigenvalue weighted by Crippen LogP contribution is -2.43. The van der Waals surface area contributed by atoms with Crippen molar-refractivity contribution in [3.8, 4) is 0 Å². The van der Waals surface area contributed by atoms with Gasteiger partial charge in [-0.15, -0.1) is 0 Å². The lowest BCUT2D eigenvalue weighted by molar-refractivity contribution is -0.147. The summed E-state index contributed by atoms with van der Waals surface area (Å²) in [5.74, 6) is -0.836. The van der Waals surface area contributed by atoms with Crippen LogP contribution in [0.4, 0.5) is 4.79 Å². The van der Waals surface area contributed by atoms with Gasteiger partial charge in [-0.05, 0) is 26.2 Å². The molecule has 0 saturated carbocycles.